The molecule has 1 aromatic carbocycles. The fraction of sp³-hybridized carbons (Fsp3) is 0.176. The van der Waals surface area contributed by atoms with Crippen LogP contribution in [0.25, 0.3) is 0 Å². The SMILES string of the molecule is C=CCNC(=NC)NCc1ccc(Oc2ccc(F)cc2)nc1.I. The summed E-state index contributed by atoms with van der Waals surface area (Å²) in [5, 5.41) is 6.25. The lowest BCUT2D eigenvalue weighted by atomic mass is 10.3. The second-order valence-electron chi connectivity index (χ2n) is 4.66. The van der Waals surface area contributed by atoms with E-state index in [0.717, 1.165) is 5.56 Å². The number of aliphatic imine (C=N–C) groups is 1. The molecule has 7 heteroatoms. The number of hydrogen-bond acceptors (Lipinski definition) is 3. The van der Waals surface area contributed by atoms with Crippen molar-refractivity contribution in [1.82, 2.24) is 15.6 Å². The van der Waals surface area contributed by atoms with Crippen LogP contribution in [0, 0.1) is 5.82 Å². The van der Waals surface area contributed by atoms with Gasteiger partial charge < -0.3 is 15.4 Å². The lowest BCUT2D eigenvalue weighted by molar-refractivity contribution is 0.461. The maximum atomic E-state index is 12.8. The van der Waals surface area contributed by atoms with Crippen LogP contribution < -0.4 is 15.4 Å². The largest absolute Gasteiger partial charge is 0.439 e. The van der Waals surface area contributed by atoms with Crippen molar-refractivity contribution in [3.63, 3.8) is 0 Å². The lowest BCUT2D eigenvalue weighted by Gasteiger charge is -2.10. The molecule has 0 spiro atoms. The van der Waals surface area contributed by atoms with Crippen molar-refractivity contribution in [3.05, 3.63) is 66.6 Å². The average molecular weight is 442 g/mol. The van der Waals surface area contributed by atoms with Crippen LogP contribution in [0.1, 0.15) is 5.56 Å². The Morgan fingerprint density at radius 2 is 2.00 bits per heavy atom. The third-order valence-electron chi connectivity index (χ3n) is 2.93. The minimum atomic E-state index is -0.301. The van der Waals surface area contributed by atoms with Gasteiger partial charge in [-0.25, -0.2) is 9.37 Å². The molecule has 2 rings (SSSR count). The fourth-order valence-electron chi connectivity index (χ4n) is 1.77. The first kappa shape index (κ1) is 19.9. The first-order valence-corrected chi connectivity index (χ1v) is 7.15. The Balaban J connectivity index is 0.00000288. The Kier molecular flexibility index (Phi) is 8.77. The number of aromatic nitrogens is 1. The zero-order valence-electron chi connectivity index (χ0n) is 13.3. The molecule has 1 heterocycles. The highest BCUT2D eigenvalue weighted by molar-refractivity contribution is 14.0. The smallest absolute Gasteiger partial charge is 0.219 e. The lowest BCUT2D eigenvalue weighted by Crippen LogP contribution is -2.36. The zero-order valence-corrected chi connectivity index (χ0v) is 15.7. The summed E-state index contributed by atoms with van der Waals surface area (Å²) in [7, 11) is 1.70. The van der Waals surface area contributed by atoms with Crippen molar-refractivity contribution in [2.75, 3.05) is 13.6 Å². The Morgan fingerprint density at radius 3 is 2.58 bits per heavy atom. The Hall–Kier alpha value is -2.16. The van der Waals surface area contributed by atoms with E-state index in [1.54, 1.807) is 37.5 Å². The molecule has 0 aliphatic heterocycles. The molecule has 0 unspecified atom stereocenters. The van der Waals surface area contributed by atoms with E-state index in [9.17, 15) is 4.39 Å². The van der Waals surface area contributed by atoms with Gasteiger partial charge in [-0.1, -0.05) is 12.1 Å². The molecule has 0 amide bonds. The van der Waals surface area contributed by atoms with Crippen molar-refractivity contribution < 1.29 is 9.13 Å². The first-order chi connectivity index (χ1) is 11.2. The molecule has 0 radical (unpaired) electrons. The van der Waals surface area contributed by atoms with Crippen LogP contribution in [0.5, 0.6) is 11.6 Å². The van der Waals surface area contributed by atoms with E-state index in [2.05, 4.69) is 27.2 Å². The Morgan fingerprint density at radius 1 is 1.25 bits per heavy atom. The summed E-state index contributed by atoms with van der Waals surface area (Å²) >= 11 is 0. The number of pyridine rings is 1. The van der Waals surface area contributed by atoms with Gasteiger partial charge in [0.05, 0.1) is 0 Å². The van der Waals surface area contributed by atoms with Gasteiger partial charge in [0.1, 0.15) is 11.6 Å². The van der Waals surface area contributed by atoms with Gasteiger partial charge in [-0.15, -0.1) is 30.6 Å². The maximum Gasteiger partial charge on any atom is 0.219 e. The summed E-state index contributed by atoms with van der Waals surface area (Å²) in [6.45, 7) is 4.87. The average Bonchev–Trinajstić information content (AvgIpc) is 2.58. The summed E-state index contributed by atoms with van der Waals surface area (Å²) in [4.78, 5) is 8.32. The number of guanidine groups is 1. The standard InChI is InChI=1S/C17H19FN4O.HI/c1-3-10-20-17(19-2)22-12-13-4-9-16(21-11-13)23-15-7-5-14(18)6-8-15;/h3-9,11H,1,10,12H2,2H3,(H2,19,20,22);1H. The molecule has 0 aliphatic rings. The van der Waals surface area contributed by atoms with Crippen LogP contribution in [-0.4, -0.2) is 24.5 Å². The second kappa shape index (κ2) is 10.6. The van der Waals surface area contributed by atoms with Gasteiger partial charge >= 0.3 is 0 Å². The predicted octanol–water partition coefficient (Wildman–Crippen LogP) is 3.48. The number of benzene rings is 1. The van der Waals surface area contributed by atoms with Gasteiger partial charge in [-0.05, 0) is 29.8 Å². The molecule has 0 atom stereocenters. The maximum absolute atomic E-state index is 12.8. The van der Waals surface area contributed by atoms with Gasteiger partial charge in [-0.2, -0.15) is 0 Å². The molecule has 0 bridgehead atoms. The number of nitrogens with zero attached hydrogens (tertiary/aromatic N) is 2. The van der Waals surface area contributed by atoms with Gasteiger partial charge in [0.2, 0.25) is 5.88 Å². The van der Waals surface area contributed by atoms with Crippen LogP contribution in [0.15, 0.2) is 60.2 Å². The zero-order chi connectivity index (χ0) is 16.5. The predicted molar refractivity (Wildman–Crippen MR) is 105 cm³/mol. The molecule has 0 aliphatic carbocycles. The summed E-state index contributed by atoms with van der Waals surface area (Å²) in [5.41, 5.74) is 0.984. The van der Waals surface area contributed by atoms with Crippen LogP contribution in [0.4, 0.5) is 4.39 Å². The van der Waals surface area contributed by atoms with Crippen LogP contribution >= 0.6 is 24.0 Å². The Bertz CT molecular complexity index is 659. The van der Waals surface area contributed by atoms with Crippen LogP contribution in [0.2, 0.25) is 0 Å². The van der Waals surface area contributed by atoms with E-state index in [0.29, 0.717) is 30.7 Å². The minimum absolute atomic E-state index is 0. The van der Waals surface area contributed by atoms with Gasteiger partial charge in [0.15, 0.2) is 5.96 Å². The fourth-order valence-corrected chi connectivity index (χ4v) is 1.77. The molecule has 24 heavy (non-hydrogen) atoms. The molecule has 0 fully saturated rings. The van der Waals surface area contributed by atoms with Crippen LogP contribution in [-0.2, 0) is 6.54 Å². The van der Waals surface area contributed by atoms with Crippen LogP contribution in [0.3, 0.4) is 0 Å². The number of hydrogen-bond donors (Lipinski definition) is 2. The van der Waals surface area contributed by atoms with Crippen molar-refractivity contribution in [1.29, 1.82) is 0 Å². The molecule has 1 aromatic heterocycles. The summed E-state index contributed by atoms with van der Waals surface area (Å²) in [6, 6.07) is 9.47. The first-order valence-electron chi connectivity index (χ1n) is 7.15. The third kappa shape index (κ3) is 6.53. The number of halogens is 2. The van der Waals surface area contributed by atoms with E-state index in [1.807, 2.05) is 6.07 Å². The Labute approximate surface area is 158 Å². The summed E-state index contributed by atoms with van der Waals surface area (Å²) in [5.74, 6) is 1.38. The van der Waals surface area contributed by atoms with Gasteiger partial charge in [-0.3, -0.25) is 4.99 Å². The molecule has 2 aromatic rings. The number of rotatable bonds is 6. The monoisotopic (exact) mass is 442 g/mol. The second-order valence-corrected chi connectivity index (χ2v) is 4.66. The van der Waals surface area contributed by atoms with Crippen molar-refractivity contribution in [2.45, 2.75) is 6.54 Å². The van der Waals surface area contributed by atoms with E-state index in [1.165, 1.54) is 12.1 Å². The quantitative estimate of drug-likeness (QED) is 0.311. The van der Waals surface area contributed by atoms with Crippen molar-refractivity contribution in [3.8, 4) is 11.6 Å². The van der Waals surface area contributed by atoms with Crippen molar-refractivity contribution in [2.24, 2.45) is 4.99 Å². The highest BCUT2D eigenvalue weighted by Gasteiger charge is 2.01. The van der Waals surface area contributed by atoms with E-state index in [-0.39, 0.29) is 29.8 Å². The topological polar surface area (TPSA) is 58.5 Å². The van der Waals surface area contributed by atoms with Gasteiger partial charge in [0, 0.05) is 32.4 Å². The number of nitrogens with one attached hydrogen (secondary N) is 2. The van der Waals surface area contributed by atoms with E-state index in [4.69, 9.17) is 4.74 Å². The molecule has 0 saturated heterocycles. The number of ether oxygens (including phenoxy) is 1. The molecule has 2 N–H and O–H groups in total. The highest BCUT2D eigenvalue weighted by Crippen LogP contribution is 2.19. The molecule has 0 saturated carbocycles. The summed E-state index contributed by atoms with van der Waals surface area (Å²) in [6.07, 6.45) is 3.47. The van der Waals surface area contributed by atoms with E-state index >= 15 is 0 Å². The van der Waals surface area contributed by atoms with Crippen molar-refractivity contribution >= 4 is 29.9 Å². The van der Waals surface area contributed by atoms with Gasteiger partial charge in [0.25, 0.3) is 0 Å². The molecule has 5 nitrogen and oxygen atoms in total. The molecule has 128 valence electrons. The molecular formula is C17H20FIN4O. The molecular weight excluding hydrogens is 422 g/mol. The highest BCUT2D eigenvalue weighted by atomic mass is 127. The summed E-state index contributed by atoms with van der Waals surface area (Å²) < 4.78 is 18.4. The normalized spacial score (nSPS) is 10.5. The minimum Gasteiger partial charge on any atom is -0.439 e. The third-order valence-corrected chi connectivity index (χ3v) is 2.93. The van der Waals surface area contributed by atoms with E-state index < -0.39 is 0 Å².